The van der Waals surface area contributed by atoms with Crippen molar-refractivity contribution in [2.24, 2.45) is 0 Å². The second kappa shape index (κ2) is 5.01. The second-order valence-electron chi connectivity index (χ2n) is 4.42. The first-order valence-corrected chi connectivity index (χ1v) is 6.17. The number of carboxylic acids is 1. The van der Waals surface area contributed by atoms with Crippen LogP contribution in [0.5, 0.6) is 0 Å². The van der Waals surface area contributed by atoms with E-state index in [-0.39, 0.29) is 5.56 Å². The van der Waals surface area contributed by atoms with Crippen molar-refractivity contribution in [3.05, 3.63) is 66.5 Å². The Kier molecular flexibility index (Phi) is 3.05. The molecule has 0 aliphatic heterocycles. The Hall–Kier alpha value is -2.88. The quantitative estimate of drug-likeness (QED) is 0.757. The average Bonchev–Trinajstić information content (AvgIpc) is 2.48. The van der Waals surface area contributed by atoms with Crippen LogP contribution in [0.4, 0.5) is 11.4 Å². The van der Waals surface area contributed by atoms with Gasteiger partial charge in [0.25, 0.3) is 0 Å². The molecule has 0 radical (unpaired) electrons. The van der Waals surface area contributed by atoms with Gasteiger partial charge < -0.3 is 10.4 Å². The van der Waals surface area contributed by atoms with Crippen molar-refractivity contribution in [1.29, 1.82) is 0 Å². The van der Waals surface area contributed by atoms with E-state index in [2.05, 4.69) is 10.3 Å². The van der Waals surface area contributed by atoms with Gasteiger partial charge >= 0.3 is 5.97 Å². The Balaban J connectivity index is 2.01. The third kappa shape index (κ3) is 2.31. The van der Waals surface area contributed by atoms with Gasteiger partial charge in [0.05, 0.1) is 17.4 Å². The molecule has 0 aliphatic rings. The molecule has 4 nitrogen and oxygen atoms in total. The van der Waals surface area contributed by atoms with Crippen LogP contribution in [0.1, 0.15) is 10.4 Å². The van der Waals surface area contributed by atoms with E-state index in [1.54, 1.807) is 12.3 Å². The van der Waals surface area contributed by atoms with Gasteiger partial charge in [-0.05, 0) is 17.5 Å². The molecule has 0 saturated heterocycles. The number of pyridine rings is 1. The summed E-state index contributed by atoms with van der Waals surface area (Å²) in [5, 5.41) is 14.4. The number of nitrogens with zero attached hydrogens (tertiary/aromatic N) is 1. The molecule has 0 saturated carbocycles. The highest BCUT2D eigenvalue weighted by atomic mass is 16.4. The molecule has 0 fully saturated rings. The van der Waals surface area contributed by atoms with Gasteiger partial charge in [0, 0.05) is 17.3 Å². The van der Waals surface area contributed by atoms with E-state index in [0.29, 0.717) is 5.69 Å². The minimum absolute atomic E-state index is 0.162. The molecule has 1 aromatic heterocycles. The van der Waals surface area contributed by atoms with Crippen molar-refractivity contribution in [3.63, 3.8) is 0 Å². The molecule has 0 spiro atoms. The maximum atomic E-state index is 11.0. The summed E-state index contributed by atoms with van der Waals surface area (Å²) in [5.74, 6) is -0.987. The van der Waals surface area contributed by atoms with Gasteiger partial charge in [-0.1, -0.05) is 36.4 Å². The van der Waals surface area contributed by atoms with Crippen LogP contribution in [0.2, 0.25) is 0 Å². The number of hydrogen-bond acceptors (Lipinski definition) is 3. The van der Waals surface area contributed by atoms with Gasteiger partial charge in [-0.15, -0.1) is 0 Å². The van der Waals surface area contributed by atoms with Crippen LogP contribution in [0.15, 0.2) is 60.9 Å². The molecule has 0 aliphatic carbocycles. The summed E-state index contributed by atoms with van der Waals surface area (Å²) in [6.07, 6.45) is 2.94. The highest BCUT2D eigenvalue weighted by Gasteiger charge is 2.05. The lowest BCUT2D eigenvalue weighted by molar-refractivity contribution is 0.0696. The van der Waals surface area contributed by atoms with E-state index in [1.165, 1.54) is 6.20 Å². The van der Waals surface area contributed by atoms with E-state index in [9.17, 15) is 4.79 Å². The molecule has 1 heterocycles. The molecule has 2 aromatic carbocycles. The zero-order valence-corrected chi connectivity index (χ0v) is 10.6. The largest absolute Gasteiger partial charge is 0.478 e. The molecule has 3 rings (SSSR count). The predicted molar refractivity (Wildman–Crippen MR) is 78.4 cm³/mol. The smallest absolute Gasteiger partial charge is 0.337 e. The van der Waals surface area contributed by atoms with Crippen LogP contribution in [0.3, 0.4) is 0 Å². The number of anilines is 2. The van der Waals surface area contributed by atoms with Crippen molar-refractivity contribution in [3.8, 4) is 0 Å². The number of carboxylic acid groups (broad SMARTS) is 1. The molecule has 20 heavy (non-hydrogen) atoms. The van der Waals surface area contributed by atoms with Gasteiger partial charge in [-0.3, -0.25) is 4.98 Å². The van der Waals surface area contributed by atoms with E-state index in [0.717, 1.165) is 16.5 Å². The number of fused-ring (bicyclic) bond motifs is 1. The number of nitrogens with one attached hydrogen (secondary N) is 1. The minimum atomic E-state index is -0.987. The summed E-state index contributed by atoms with van der Waals surface area (Å²) in [7, 11) is 0. The van der Waals surface area contributed by atoms with Gasteiger partial charge in [0.15, 0.2) is 0 Å². The van der Waals surface area contributed by atoms with Crippen LogP contribution >= 0.6 is 0 Å². The Labute approximate surface area is 115 Å². The molecule has 0 atom stereocenters. The second-order valence-corrected chi connectivity index (χ2v) is 4.42. The lowest BCUT2D eigenvalue weighted by Crippen LogP contribution is -1.99. The predicted octanol–water partition coefficient (Wildman–Crippen LogP) is 3.68. The van der Waals surface area contributed by atoms with Crippen molar-refractivity contribution in [2.75, 3.05) is 5.32 Å². The Morgan fingerprint density at radius 2 is 1.85 bits per heavy atom. The summed E-state index contributed by atoms with van der Waals surface area (Å²) in [5.41, 5.74) is 1.74. The molecule has 98 valence electrons. The van der Waals surface area contributed by atoms with E-state index in [1.807, 2.05) is 42.5 Å². The van der Waals surface area contributed by atoms with Crippen molar-refractivity contribution < 1.29 is 9.90 Å². The zero-order valence-electron chi connectivity index (χ0n) is 10.6. The summed E-state index contributed by atoms with van der Waals surface area (Å²) in [6, 6.07) is 15.5. The normalized spacial score (nSPS) is 10.4. The molecule has 3 aromatic rings. The Bertz CT molecular complexity index is 779. The van der Waals surface area contributed by atoms with E-state index < -0.39 is 5.97 Å². The first kappa shape index (κ1) is 12.2. The number of rotatable bonds is 3. The molecular weight excluding hydrogens is 252 g/mol. The van der Waals surface area contributed by atoms with Gasteiger partial charge in [-0.2, -0.15) is 0 Å². The molecule has 2 N–H and O–H groups in total. The summed E-state index contributed by atoms with van der Waals surface area (Å²) < 4.78 is 0. The van der Waals surface area contributed by atoms with Crippen LogP contribution in [0.25, 0.3) is 10.8 Å². The number of carbonyl (C=O) groups is 1. The molecule has 0 amide bonds. The fourth-order valence-corrected chi connectivity index (χ4v) is 2.12. The number of hydrogen-bond donors (Lipinski definition) is 2. The van der Waals surface area contributed by atoms with Crippen molar-refractivity contribution in [2.45, 2.75) is 0 Å². The van der Waals surface area contributed by atoms with Crippen LogP contribution in [0, 0.1) is 0 Å². The van der Waals surface area contributed by atoms with E-state index >= 15 is 0 Å². The Morgan fingerprint density at radius 3 is 2.70 bits per heavy atom. The highest BCUT2D eigenvalue weighted by molar-refractivity contribution is 5.95. The minimum Gasteiger partial charge on any atom is -0.478 e. The number of aromatic carboxylic acids is 1. The van der Waals surface area contributed by atoms with Crippen LogP contribution in [-0.4, -0.2) is 16.1 Å². The van der Waals surface area contributed by atoms with Gasteiger partial charge in [-0.25, -0.2) is 4.79 Å². The lowest BCUT2D eigenvalue weighted by Gasteiger charge is -2.09. The molecular formula is C16H12N2O2. The molecule has 0 unspecified atom stereocenters. The summed E-state index contributed by atoms with van der Waals surface area (Å²) in [6.45, 7) is 0. The first-order valence-electron chi connectivity index (χ1n) is 6.17. The standard InChI is InChI=1S/C16H12N2O2/c19-16(20)12-8-13(10-17-9-12)18-15-7-3-5-11-4-1-2-6-14(11)15/h1-10,18H,(H,19,20). The van der Waals surface area contributed by atoms with Crippen LogP contribution in [-0.2, 0) is 0 Å². The maximum Gasteiger partial charge on any atom is 0.337 e. The van der Waals surface area contributed by atoms with Crippen LogP contribution < -0.4 is 5.32 Å². The summed E-state index contributed by atoms with van der Waals surface area (Å²) in [4.78, 5) is 14.9. The van der Waals surface area contributed by atoms with Gasteiger partial charge in [0.2, 0.25) is 0 Å². The van der Waals surface area contributed by atoms with Gasteiger partial charge in [0.1, 0.15) is 0 Å². The lowest BCUT2D eigenvalue weighted by atomic mass is 10.1. The third-order valence-corrected chi connectivity index (χ3v) is 3.05. The Morgan fingerprint density at radius 1 is 1.05 bits per heavy atom. The maximum absolute atomic E-state index is 11.0. The first-order chi connectivity index (χ1) is 9.74. The van der Waals surface area contributed by atoms with Crippen molar-refractivity contribution in [1.82, 2.24) is 4.98 Å². The third-order valence-electron chi connectivity index (χ3n) is 3.05. The SMILES string of the molecule is O=C(O)c1cncc(Nc2cccc3ccccc23)c1. The fraction of sp³-hybridized carbons (Fsp3) is 0. The zero-order chi connectivity index (χ0) is 13.9. The number of aromatic nitrogens is 1. The molecule has 4 heteroatoms. The van der Waals surface area contributed by atoms with E-state index in [4.69, 9.17) is 5.11 Å². The topological polar surface area (TPSA) is 62.2 Å². The monoisotopic (exact) mass is 264 g/mol. The fourth-order valence-electron chi connectivity index (χ4n) is 2.12. The average molecular weight is 264 g/mol. The highest BCUT2D eigenvalue weighted by Crippen LogP contribution is 2.26. The molecule has 0 bridgehead atoms. The summed E-state index contributed by atoms with van der Waals surface area (Å²) >= 11 is 0. The number of benzene rings is 2. The van der Waals surface area contributed by atoms with Crippen molar-refractivity contribution >= 4 is 28.1 Å².